The quantitative estimate of drug-likeness (QED) is 0.0525. The number of anilines is 1. The average Bonchev–Trinajstić information content (AvgIpc) is 1.84. The second-order valence-electron chi connectivity index (χ2n) is 24.4. The molecule has 2 N–H and O–H groups in total. The molecule has 0 saturated heterocycles. The number of amides is 5. The van der Waals surface area contributed by atoms with Crippen LogP contribution in [0.1, 0.15) is 144 Å². The molecule has 5 aliphatic rings. The number of allylic oxidation sites excluding steroid dienone is 1. The maximum absolute atomic E-state index is 14.7. The fourth-order valence-corrected chi connectivity index (χ4v) is 12.7. The minimum atomic E-state index is -1.52. The first kappa shape index (κ1) is 62.5. The van der Waals surface area contributed by atoms with Crippen molar-refractivity contribution < 1.29 is 57.6 Å². The van der Waals surface area contributed by atoms with Crippen LogP contribution in [0.4, 0.5) is 10.5 Å². The van der Waals surface area contributed by atoms with E-state index in [4.69, 9.17) is 18.9 Å². The number of methoxy groups -OCH3 is 1. The first-order valence-corrected chi connectivity index (χ1v) is 31.1. The molecule has 0 bridgehead atoms. The Kier molecular flexibility index (Phi) is 19.9. The third-order valence-electron chi connectivity index (χ3n) is 18.0. The number of hydrogen-bond acceptors (Lipinski definition) is 12. The van der Waals surface area contributed by atoms with E-state index in [9.17, 15) is 38.7 Å². The summed E-state index contributed by atoms with van der Waals surface area (Å²) in [6, 6.07) is 28.8. The summed E-state index contributed by atoms with van der Waals surface area (Å²) < 4.78 is 24.4. The van der Waals surface area contributed by atoms with Crippen LogP contribution in [0.5, 0.6) is 17.2 Å². The lowest BCUT2D eigenvalue weighted by atomic mass is 9.88. The van der Waals surface area contributed by atoms with E-state index in [2.05, 4.69) is 30.1 Å². The van der Waals surface area contributed by atoms with E-state index < -0.39 is 36.2 Å². The fourth-order valence-electron chi connectivity index (χ4n) is 12.7. The van der Waals surface area contributed by atoms with Crippen molar-refractivity contribution in [1.82, 2.24) is 20.0 Å². The van der Waals surface area contributed by atoms with Crippen LogP contribution < -0.4 is 24.4 Å². The molecule has 17 nitrogen and oxygen atoms in total. The predicted molar refractivity (Wildman–Crippen MR) is 333 cm³/mol. The lowest BCUT2D eigenvalue weighted by Gasteiger charge is -2.39. The van der Waals surface area contributed by atoms with Crippen LogP contribution in [0.25, 0.3) is 0 Å². The monoisotopic (exact) mass is 1200 g/mol. The van der Waals surface area contributed by atoms with Crippen LogP contribution in [0, 0.1) is 18.8 Å². The van der Waals surface area contributed by atoms with Gasteiger partial charge in [-0.05, 0) is 146 Å². The summed E-state index contributed by atoms with van der Waals surface area (Å²) in [5.41, 5.74) is 9.30. The molecule has 0 aromatic heterocycles. The molecule has 5 amide bonds. The molecule has 0 fully saturated rings. The molecule has 10 rings (SSSR count). The molecule has 88 heavy (non-hydrogen) atoms. The predicted octanol–water partition coefficient (Wildman–Crippen LogP) is 10.5. The van der Waals surface area contributed by atoms with Gasteiger partial charge in [0.15, 0.2) is 23.5 Å². The number of fused-ring (bicyclic) bond motifs is 6. The van der Waals surface area contributed by atoms with Crippen molar-refractivity contribution in [3.05, 3.63) is 177 Å². The molecule has 5 aromatic carbocycles. The van der Waals surface area contributed by atoms with Gasteiger partial charge in [-0.2, -0.15) is 0 Å². The smallest absolute Gasteiger partial charge is 0.416 e. The van der Waals surface area contributed by atoms with Gasteiger partial charge in [0, 0.05) is 74.3 Å². The highest BCUT2D eigenvalue weighted by atomic mass is 16.6. The van der Waals surface area contributed by atoms with Gasteiger partial charge in [-0.15, -0.1) is 0 Å². The van der Waals surface area contributed by atoms with Gasteiger partial charge < -0.3 is 44.1 Å². The van der Waals surface area contributed by atoms with Crippen LogP contribution in [0.3, 0.4) is 0 Å². The van der Waals surface area contributed by atoms with Crippen molar-refractivity contribution in [2.75, 3.05) is 31.8 Å². The number of nitrogens with zero attached hydrogens (tertiary/aromatic N) is 4. The summed E-state index contributed by atoms with van der Waals surface area (Å²) in [6.45, 7) is 13.2. The van der Waals surface area contributed by atoms with Gasteiger partial charge in [0.2, 0.25) is 5.91 Å². The number of nitrogens with one attached hydrogen (secondary N) is 1. The number of carbonyl (C=O) groups is 7. The number of hydrogen-bond donors (Lipinski definition) is 2. The normalized spacial score (nSPS) is 18.2. The third-order valence-corrected chi connectivity index (χ3v) is 18.0. The molecule has 0 spiro atoms. The lowest BCUT2D eigenvalue weighted by molar-refractivity contribution is -0.133. The average molecular weight is 1200 g/mol. The van der Waals surface area contributed by atoms with Gasteiger partial charge in [0.05, 0.1) is 43.7 Å². The Morgan fingerprint density at radius 1 is 0.705 bits per heavy atom. The number of aliphatic hydroxyl groups is 1. The number of ketones is 2. The molecular weight excluding hydrogens is 1110 g/mol. The minimum Gasteiger partial charge on any atom is -0.493 e. The highest BCUT2D eigenvalue weighted by molar-refractivity contribution is 6.06. The molecule has 0 aliphatic carbocycles. The van der Waals surface area contributed by atoms with E-state index in [0.717, 1.165) is 83.4 Å². The number of benzene rings is 5. The number of aryl methyl sites for hydroxylation is 2. The standard InChI is InChI=1S/C71H81N5O12/c1-44(2)57(38-56(77)21-9-7-14-30-73-46(4)22-29-66(73)79)67(80)72-47(5)62(78)34-48-23-25-49(26-24-48)43-88-71(84)76-60-40-65(64(85-6)39-59(60)69(82)75-42-54-20-13-11-18-51(54)36-61(75)70(76)83)87-32-16-8-15-31-86-63-37-52-27-28-55-35-50-17-10-12-19-53(50)41-74(55)68(81)58(52)33-45(63)3/h10-13,17-20,22-26,29,33,37,39-40,44,47,55,57,61,70,83H,4,7-9,14-16,21,27-28,30-32,34-36,38,41-43H2,1-3,5-6H3,(H,72,80)/t47-,55+,57-,61-,70?/m0/s1. The zero-order valence-corrected chi connectivity index (χ0v) is 51.2. The summed E-state index contributed by atoms with van der Waals surface area (Å²) >= 11 is 0. The van der Waals surface area contributed by atoms with E-state index in [-0.39, 0.29) is 103 Å². The summed E-state index contributed by atoms with van der Waals surface area (Å²) in [4.78, 5) is 101. The van der Waals surface area contributed by atoms with Crippen LogP contribution in [-0.2, 0) is 69.3 Å². The van der Waals surface area contributed by atoms with Gasteiger partial charge >= 0.3 is 6.09 Å². The van der Waals surface area contributed by atoms with E-state index in [1.807, 2.05) is 68.1 Å². The van der Waals surface area contributed by atoms with Gasteiger partial charge in [-0.25, -0.2) is 9.69 Å². The van der Waals surface area contributed by atoms with E-state index in [1.165, 1.54) is 24.3 Å². The molecule has 1 unspecified atom stereocenters. The van der Waals surface area contributed by atoms with E-state index >= 15 is 0 Å². The molecule has 462 valence electrons. The van der Waals surface area contributed by atoms with Crippen LogP contribution >= 0.6 is 0 Å². The Balaban J connectivity index is 0.731. The third kappa shape index (κ3) is 14.2. The number of Topliss-reactive ketones (excluding diaryl/α,β-unsaturated/α-hetero) is 2. The Labute approximate surface area is 515 Å². The fraction of sp³-hybridized carbons (Fsp3) is 0.423. The van der Waals surface area contributed by atoms with Crippen molar-refractivity contribution in [1.29, 1.82) is 0 Å². The maximum atomic E-state index is 14.7. The van der Waals surface area contributed by atoms with Crippen LogP contribution in [0.2, 0.25) is 0 Å². The molecule has 0 radical (unpaired) electrons. The second kappa shape index (κ2) is 28.1. The zero-order chi connectivity index (χ0) is 62.2. The lowest BCUT2D eigenvalue weighted by Crippen LogP contribution is -2.55. The Morgan fingerprint density at radius 2 is 1.35 bits per heavy atom. The van der Waals surface area contributed by atoms with Crippen LogP contribution in [-0.4, -0.2) is 112 Å². The molecule has 17 heteroatoms. The topological polar surface area (TPSA) is 202 Å². The first-order valence-electron chi connectivity index (χ1n) is 31.1. The second-order valence-corrected chi connectivity index (χ2v) is 24.4. The molecule has 5 heterocycles. The maximum Gasteiger partial charge on any atom is 0.416 e. The molecule has 5 atom stereocenters. The summed E-state index contributed by atoms with van der Waals surface area (Å²) in [7, 11) is 1.48. The number of ether oxygens (including phenoxy) is 4. The summed E-state index contributed by atoms with van der Waals surface area (Å²) in [5, 5.41) is 15.2. The highest BCUT2D eigenvalue weighted by Gasteiger charge is 2.46. The molecule has 5 aromatic rings. The van der Waals surface area contributed by atoms with Crippen LogP contribution in [0.15, 0.2) is 121 Å². The molecular formula is C71H81N5O12. The van der Waals surface area contributed by atoms with Gasteiger partial charge in [-0.3, -0.25) is 28.8 Å². The number of rotatable bonds is 25. The Bertz CT molecular complexity index is 3480. The van der Waals surface area contributed by atoms with E-state index in [1.54, 1.807) is 59.2 Å². The first-order chi connectivity index (χ1) is 42.5. The Hall–Kier alpha value is -8.57. The van der Waals surface area contributed by atoms with Gasteiger partial charge in [0.25, 0.3) is 17.7 Å². The summed E-state index contributed by atoms with van der Waals surface area (Å²) in [5.74, 6) is -0.386. The van der Waals surface area contributed by atoms with Crippen molar-refractivity contribution in [2.24, 2.45) is 11.8 Å². The largest absolute Gasteiger partial charge is 0.493 e. The number of carbonyl (C=O) groups excluding carboxylic acids is 7. The molecule has 0 saturated carbocycles. The molecule has 5 aliphatic heterocycles. The number of unbranched alkanes of at least 4 members (excludes halogenated alkanes) is 4. The van der Waals surface area contributed by atoms with Crippen molar-refractivity contribution in [3.63, 3.8) is 0 Å². The minimum absolute atomic E-state index is 0.0178. The van der Waals surface area contributed by atoms with E-state index in [0.29, 0.717) is 55.8 Å². The van der Waals surface area contributed by atoms with Gasteiger partial charge in [-0.1, -0.05) is 99.6 Å². The number of aliphatic hydroxyl groups excluding tert-OH is 1. The SMILES string of the molecule is C=C1C=CC(=O)N1CCCCCC(=O)C[C@H](C(=O)N[C@@H](C)C(=O)Cc1ccc(COC(=O)N2c3cc(OCCCCCOc4cc5c(cc4C)C(=O)N4Cc6ccccc6C[C@H]4CC5)c(OC)cc3C(=O)N3Cc4ccccc4C[C@H]3C2O)cc1)C(C)C. The van der Waals surface area contributed by atoms with Crippen molar-refractivity contribution >= 4 is 47.0 Å². The van der Waals surface area contributed by atoms with Crippen molar-refractivity contribution in [2.45, 2.75) is 155 Å². The highest BCUT2D eigenvalue weighted by Crippen LogP contribution is 2.42. The van der Waals surface area contributed by atoms with Crippen molar-refractivity contribution in [3.8, 4) is 17.2 Å². The Morgan fingerprint density at radius 3 is 2.03 bits per heavy atom. The summed E-state index contributed by atoms with van der Waals surface area (Å²) in [6.07, 6.45) is 8.33. The zero-order valence-electron chi connectivity index (χ0n) is 51.2. The van der Waals surface area contributed by atoms with Gasteiger partial charge in [0.1, 0.15) is 18.1 Å².